The minimum Gasteiger partial charge on any atom is -0.456 e. The molecule has 0 fully saturated rings. The molecule has 6 aromatic rings. The molecule has 3 aromatic carbocycles. The SMILES string of the molecule is Clc1cnc2c(c1)oc1ccc(-c3ccc4c(c3)oc3ccccc34)cc12. The number of benzene rings is 3. The van der Waals surface area contributed by atoms with E-state index in [1.54, 1.807) is 12.3 Å². The van der Waals surface area contributed by atoms with Gasteiger partial charge in [-0.05, 0) is 41.5 Å². The lowest BCUT2D eigenvalue weighted by Crippen LogP contribution is -1.79. The molecule has 0 aliphatic carbocycles. The Morgan fingerprint density at radius 3 is 2.33 bits per heavy atom. The molecule has 0 unspecified atom stereocenters. The molecule has 128 valence electrons. The van der Waals surface area contributed by atoms with Crippen LogP contribution < -0.4 is 0 Å². The summed E-state index contributed by atoms with van der Waals surface area (Å²) in [6.07, 6.45) is 1.64. The molecule has 0 radical (unpaired) electrons. The summed E-state index contributed by atoms with van der Waals surface area (Å²) >= 11 is 6.03. The molecule has 0 saturated heterocycles. The highest BCUT2D eigenvalue weighted by Gasteiger charge is 2.12. The van der Waals surface area contributed by atoms with E-state index in [2.05, 4.69) is 41.4 Å². The van der Waals surface area contributed by atoms with Gasteiger partial charge in [-0.15, -0.1) is 0 Å². The van der Waals surface area contributed by atoms with Crippen molar-refractivity contribution in [1.29, 1.82) is 0 Å². The average molecular weight is 370 g/mol. The molecule has 0 amide bonds. The third-order valence-corrected chi connectivity index (χ3v) is 5.19. The van der Waals surface area contributed by atoms with Gasteiger partial charge in [-0.1, -0.05) is 41.9 Å². The number of halogens is 1. The number of rotatable bonds is 1. The molecule has 3 aromatic heterocycles. The second-order valence-corrected chi connectivity index (χ2v) is 7.06. The topological polar surface area (TPSA) is 39.2 Å². The van der Waals surface area contributed by atoms with Crippen LogP contribution in [0.5, 0.6) is 0 Å². The third-order valence-electron chi connectivity index (χ3n) is 4.99. The van der Waals surface area contributed by atoms with Crippen molar-refractivity contribution in [2.24, 2.45) is 0 Å². The molecule has 0 bridgehead atoms. The van der Waals surface area contributed by atoms with Crippen LogP contribution >= 0.6 is 11.6 Å². The van der Waals surface area contributed by atoms with Crippen LogP contribution in [0, 0.1) is 0 Å². The first kappa shape index (κ1) is 14.8. The van der Waals surface area contributed by atoms with Gasteiger partial charge in [0.05, 0.1) is 5.02 Å². The molecule has 6 rings (SSSR count). The second-order valence-electron chi connectivity index (χ2n) is 6.62. The fourth-order valence-corrected chi connectivity index (χ4v) is 3.86. The van der Waals surface area contributed by atoms with Crippen molar-refractivity contribution in [3.8, 4) is 11.1 Å². The maximum Gasteiger partial charge on any atom is 0.155 e. The van der Waals surface area contributed by atoms with E-state index in [4.69, 9.17) is 20.4 Å². The van der Waals surface area contributed by atoms with E-state index >= 15 is 0 Å². The van der Waals surface area contributed by atoms with Crippen molar-refractivity contribution in [1.82, 2.24) is 4.98 Å². The Morgan fingerprint density at radius 2 is 1.37 bits per heavy atom. The van der Waals surface area contributed by atoms with Crippen LogP contribution in [-0.4, -0.2) is 4.98 Å². The molecule has 0 spiro atoms. The van der Waals surface area contributed by atoms with Gasteiger partial charge in [0.1, 0.15) is 22.3 Å². The van der Waals surface area contributed by atoms with Crippen LogP contribution in [-0.2, 0) is 0 Å². The molecule has 0 atom stereocenters. The van der Waals surface area contributed by atoms with Crippen LogP contribution in [0.25, 0.3) is 55.1 Å². The molecule has 0 aliphatic heterocycles. The largest absolute Gasteiger partial charge is 0.456 e. The Morgan fingerprint density at radius 1 is 0.630 bits per heavy atom. The van der Waals surface area contributed by atoms with E-state index < -0.39 is 0 Å². The van der Waals surface area contributed by atoms with Gasteiger partial charge >= 0.3 is 0 Å². The Bertz CT molecular complexity index is 1490. The van der Waals surface area contributed by atoms with Gasteiger partial charge in [0.15, 0.2) is 5.58 Å². The maximum absolute atomic E-state index is 6.03. The Labute approximate surface area is 158 Å². The van der Waals surface area contributed by atoms with Crippen LogP contribution in [0.4, 0.5) is 0 Å². The van der Waals surface area contributed by atoms with E-state index in [1.807, 2.05) is 24.3 Å². The van der Waals surface area contributed by atoms with Crippen molar-refractivity contribution >= 4 is 55.6 Å². The number of furan rings is 2. The molecule has 0 saturated carbocycles. The monoisotopic (exact) mass is 369 g/mol. The van der Waals surface area contributed by atoms with Crippen molar-refractivity contribution in [2.75, 3.05) is 0 Å². The number of pyridine rings is 1. The summed E-state index contributed by atoms with van der Waals surface area (Å²) in [5.41, 5.74) is 6.28. The average Bonchev–Trinajstić information content (AvgIpc) is 3.24. The number of hydrogen-bond donors (Lipinski definition) is 0. The number of fused-ring (bicyclic) bond motifs is 6. The van der Waals surface area contributed by atoms with E-state index in [0.29, 0.717) is 10.6 Å². The molecule has 0 aliphatic rings. The molecule has 3 heterocycles. The minimum absolute atomic E-state index is 0.567. The zero-order valence-corrected chi connectivity index (χ0v) is 14.8. The van der Waals surface area contributed by atoms with Gasteiger partial charge in [-0.2, -0.15) is 0 Å². The van der Waals surface area contributed by atoms with Crippen molar-refractivity contribution in [2.45, 2.75) is 0 Å². The number of nitrogens with zero attached hydrogens (tertiary/aromatic N) is 1. The van der Waals surface area contributed by atoms with Gasteiger partial charge in [0, 0.05) is 28.4 Å². The van der Waals surface area contributed by atoms with Crippen molar-refractivity contribution < 1.29 is 8.83 Å². The summed E-state index contributed by atoms with van der Waals surface area (Å²) in [5.74, 6) is 0. The number of aromatic nitrogens is 1. The first-order valence-electron chi connectivity index (χ1n) is 8.66. The van der Waals surface area contributed by atoms with Crippen LogP contribution in [0.15, 0.2) is 81.8 Å². The minimum atomic E-state index is 0.567. The highest BCUT2D eigenvalue weighted by atomic mass is 35.5. The summed E-state index contributed by atoms with van der Waals surface area (Å²) < 4.78 is 11.9. The third kappa shape index (κ3) is 2.19. The molecular formula is C23H12ClNO2. The Kier molecular flexibility index (Phi) is 2.94. The van der Waals surface area contributed by atoms with Crippen LogP contribution in [0.3, 0.4) is 0 Å². The van der Waals surface area contributed by atoms with E-state index in [-0.39, 0.29) is 0 Å². The van der Waals surface area contributed by atoms with E-state index in [1.165, 1.54) is 0 Å². The lowest BCUT2D eigenvalue weighted by molar-refractivity contribution is 0.668. The molecule has 4 heteroatoms. The lowest BCUT2D eigenvalue weighted by Gasteiger charge is -2.02. The number of hydrogen-bond acceptors (Lipinski definition) is 3. The van der Waals surface area contributed by atoms with Gasteiger partial charge in [-0.3, -0.25) is 4.98 Å². The van der Waals surface area contributed by atoms with Gasteiger partial charge in [0.2, 0.25) is 0 Å². The smallest absolute Gasteiger partial charge is 0.155 e. The predicted octanol–water partition coefficient (Wildman–Crippen LogP) is 7.20. The summed E-state index contributed by atoms with van der Waals surface area (Å²) in [5, 5.41) is 3.80. The Hall–Kier alpha value is -3.30. The van der Waals surface area contributed by atoms with Crippen LogP contribution in [0.1, 0.15) is 0 Å². The summed E-state index contributed by atoms with van der Waals surface area (Å²) in [6, 6.07) is 22.4. The zero-order chi connectivity index (χ0) is 18.0. The second kappa shape index (κ2) is 5.35. The lowest BCUT2D eigenvalue weighted by atomic mass is 10.0. The first-order valence-corrected chi connectivity index (χ1v) is 9.03. The first-order chi connectivity index (χ1) is 13.3. The summed E-state index contributed by atoms with van der Waals surface area (Å²) in [7, 11) is 0. The normalized spacial score (nSPS) is 11.9. The highest BCUT2D eigenvalue weighted by molar-refractivity contribution is 6.31. The highest BCUT2D eigenvalue weighted by Crippen LogP contribution is 2.35. The van der Waals surface area contributed by atoms with Crippen LogP contribution in [0.2, 0.25) is 5.02 Å². The summed E-state index contributed by atoms with van der Waals surface area (Å²) in [6.45, 7) is 0. The predicted molar refractivity (Wildman–Crippen MR) is 109 cm³/mol. The standard InChI is InChI=1S/C23H12ClNO2/c24-15-11-22-23(25-12-15)18-9-13(6-8-20(18)27-22)14-5-7-17-16-3-1-2-4-19(16)26-21(17)10-14/h1-12H. The molecule has 27 heavy (non-hydrogen) atoms. The zero-order valence-electron chi connectivity index (χ0n) is 14.1. The van der Waals surface area contributed by atoms with Crippen molar-refractivity contribution in [3.63, 3.8) is 0 Å². The fraction of sp³-hybridized carbons (Fsp3) is 0. The molecular weight excluding hydrogens is 358 g/mol. The summed E-state index contributed by atoms with van der Waals surface area (Å²) in [4.78, 5) is 4.44. The fourth-order valence-electron chi connectivity index (χ4n) is 3.71. The van der Waals surface area contributed by atoms with Gasteiger partial charge in [-0.25, -0.2) is 0 Å². The van der Waals surface area contributed by atoms with Crippen molar-refractivity contribution in [3.05, 3.63) is 77.9 Å². The quantitative estimate of drug-likeness (QED) is 0.307. The van der Waals surface area contributed by atoms with Gasteiger partial charge in [0.25, 0.3) is 0 Å². The van der Waals surface area contributed by atoms with E-state index in [0.717, 1.165) is 49.6 Å². The molecule has 0 N–H and O–H groups in total. The van der Waals surface area contributed by atoms with E-state index in [9.17, 15) is 0 Å². The Balaban J connectivity index is 1.57. The number of para-hydroxylation sites is 1. The molecule has 3 nitrogen and oxygen atoms in total. The maximum atomic E-state index is 6.03. The van der Waals surface area contributed by atoms with Gasteiger partial charge < -0.3 is 8.83 Å².